The minimum Gasteiger partial charge on any atom is -0.461 e. The van der Waals surface area contributed by atoms with Crippen LogP contribution < -0.4 is 5.32 Å². The number of anilines is 1. The summed E-state index contributed by atoms with van der Waals surface area (Å²) in [5, 5.41) is 7.45. The number of aryl methyl sites for hydroxylation is 1. The van der Waals surface area contributed by atoms with Crippen LogP contribution in [0.1, 0.15) is 23.0 Å². The fourth-order valence-corrected chi connectivity index (χ4v) is 2.69. The third-order valence-corrected chi connectivity index (χ3v) is 4.04. The monoisotopic (exact) mass is 363 g/mol. The maximum absolute atomic E-state index is 12.2. The van der Waals surface area contributed by atoms with Crippen molar-refractivity contribution in [3.8, 4) is 16.9 Å². The van der Waals surface area contributed by atoms with E-state index in [1.807, 2.05) is 55.5 Å². The summed E-state index contributed by atoms with van der Waals surface area (Å²) in [5.74, 6) is -0.450. The lowest BCUT2D eigenvalue weighted by Crippen LogP contribution is -2.07. The molecule has 0 fully saturated rings. The smallest absolute Gasteiger partial charge is 0.358 e. The molecule has 0 aliphatic heterocycles. The number of benzene rings is 2. The van der Waals surface area contributed by atoms with Crippen LogP contribution in [-0.2, 0) is 9.53 Å². The molecule has 1 aromatic heterocycles. The Morgan fingerprint density at radius 2 is 1.85 bits per heavy atom. The Morgan fingerprint density at radius 1 is 1.15 bits per heavy atom. The van der Waals surface area contributed by atoms with Gasteiger partial charge in [-0.1, -0.05) is 29.8 Å². The number of hydrogen-bond acceptors (Lipinski definition) is 5. The number of carbonyl (C=O) groups excluding carboxylic acids is 2. The van der Waals surface area contributed by atoms with Gasteiger partial charge in [0.2, 0.25) is 0 Å². The Bertz CT molecular complexity index is 928. The summed E-state index contributed by atoms with van der Waals surface area (Å²) in [5.41, 5.74) is 4.80. The molecule has 0 amide bonds. The van der Waals surface area contributed by atoms with E-state index in [0.717, 1.165) is 34.5 Å². The molecule has 138 valence electrons. The van der Waals surface area contributed by atoms with E-state index >= 15 is 0 Å². The van der Waals surface area contributed by atoms with Crippen LogP contribution in [0.4, 0.5) is 5.69 Å². The third kappa shape index (κ3) is 4.23. The van der Waals surface area contributed by atoms with Gasteiger partial charge in [-0.2, -0.15) is 5.10 Å². The largest absolute Gasteiger partial charge is 0.461 e. The molecule has 27 heavy (non-hydrogen) atoms. The van der Waals surface area contributed by atoms with Gasteiger partial charge in [0.1, 0.15) is 6.29 Å². The molecule has 2 aromatic carbocycles. The molecule has 0 saturated carbocycles. The molecule has 0 saturated heterocycles. The summed E-state index contributed by atoms with van der Waals surface area (Å²) in [4.78, 5) is 22.6. The summed E-state index contributed by atoms with van der Waals surface area (Å²) >= 11 is 0. The summed E-state index contributed by atoms with van der Waals surface area (Å²) in [7, 11) is 0. The molecular formula is C21H21N3O3. The topological polar surface area (TPSA) is 73.2 Å². The molecular weight excluding hydrogens is 342 g/mol. The maximum atomic E-state index is 12.2. The number of ether oxygens (including phenoxy) is 1. The van der Waals surface area contributed by atoms with Crippen LogP contribution >= 0.6 is 0 Å². The number of carbonyl (C=O) groups is 2. The van der Waals surface area contributed by atoms with Gasteiger partial charge in [0.25, 0.3) is 0 Å². The van der Waals surface area contributed by atoms with Gasteiger partial charge in [-0.3, -0.25) is 0 Å². The molecule has 0 spiro atoms. The highest BCUT2D eigenvalue weighted by atomic mass is 16.5. The Hall–Kier alpha value is -3.41. The van der Waals surface area contributed by atoms with Crippen molar-refractivity contribution in [2.24, 2.45) is 0 Å². The van der Waals surface area contributed by atoms with Crippen LogP contribution in [0.5, 0.6) is 0 Å². The fraction of sp³-hybridized carbons (Fsp3) is 0.190. The quantitative estimate of drug-likeness (QED) is 0.512. The van der Waals surface area contributed by atoms with Crippen LogP contribution in [-0.4, -0.2) is 35.2 Å². The zero-order chi connectivity index (χ0) is 19.2. The molecule has 0 unspecified atom stereocenters. The average Bonchev–Trinajstić information content (AvgIpc) is 3.13. The second kappa shape index (κ2) is 8.31. The molecule has 0 bridgehead atoms. The first-order valence-electron chi connectivity index (χ1n) is 8.74. The lowest BCUT2D eigenvalue weighted by Gasteiger charge is -2.09. The number of nitrogens with zero attached hydrogens (tertiary/aromatic N) is 2. The number of aromatic nitrogens is 2. The molecule has 3 aromatic rings. The Labute approximate surface area is 157 Å². The average molecular weight is 363 g/mol. The Balaban J connectivity index is 2.02. The minimum atomic E-state index is -0.450. The van der Waals surface area contributed by atoms with Crippen LogP contribution in [0.2, 0.25) is 0 Å². The predicted molar refractivity (Wildman–Crippen MR) is 104 cm³/mol. The highest BCUT2D eigenvalue weighted by Gasteiger charge is 2.17. The number of nitrogens with one attached hydrogen (secondary N) is 1. The molecule has 0 aliphatic rings. The van der Waals surface area contributed by atoms with Crippen molar-refractivity contribution in [1.29, 1.82) is 0 Å². The van der Waals surface area contributed by atoms with E-state index in [9.17, 15) is 9.59 Å². The van der Waals surface area contributed by atoms with Crippen molar-refractivity contribution in [3.05, 3.63) is 65.9 Å². The lowest BCUT2D eigenvalue weighted by atomic mass is 10.1. The van der Waals surface area contributed by atoms with Crippen LogP contribution in [0.25, 0.3) is 16.9 Å². The number of rotatable bonds is 7. The van der Waals surface area contributed by atoms with Gasteiger partial charge >= 0.3 is 5.97 Å². The molecule has 0 atom stereocenters. The molecule has 0 aliphatic carbocycles. The van der Waals surface area contributed by atoms with Crippen molar-refractivity contribution < 1.29 is 14.3 Å². The van der Waals surface area contributed by atoms with Gasteiger partial charge in [0.15, 0.2) is 5.69 Å². The van der Waals surface area contributed by atoms with Gasteiger partial charge in [-0.15, -0.1) is 0 Å². The number of esters is 1. The highest BCUT2D eigenvalue weighted by molar-refractivity contribution is 5.89. The van der Waals surface area contributed by atoms with Crippen LogP contribution in [0.15, 0.2) is 54.6 Å². The Morgan fingerprint density at radius 3 is 2.48 bits per heavy atom. The van der Waals surface area contributed by atoms with E-state index in [0.29, 0.717) is 6.61 Å². The molecule has 1 heterocycles. The van der Waals surface area contributed by atoms with Gasteiger partial charge in [0, 0.05) is 11.3 Å². The lowest BCUT2D eigenvalue weighted by molar-refractivity contribution is -0.106. The van der Waals surface area contributed by atoms with Crippen LogP contribution in [0.3, 0.4) is 0 Å². The van der Waals surface area contributed by atoms with E-state index in [4.69, 9.17) is 4.74 Å². The van der Waals surface area contributed by atoms with E-state index in [1.54, 1.807) is 17.7 Å². The third-order valence-electron chi connectivity index (χ3n) is 4.04. The summed E-state index contributed by atoms with van der Waals surface area (Å²) in [6.07, 6.45) is 0.808. The first-order chi connectivity index (χ1) is 13.1. The summed E-state index contributed by atoms with van der Waals surface area (Å²) in [6.45, 7) is 4.34. The van der Waals surface area contributed by atoms with Crippen molar-refractivity contribution in [3.63, 3.8) is 0 Å². The van der Waals surface area contributed by atoms with Crippen LogP contribution in [0, 0.1) is 6.92 Å². The van der Waals surface area contributed by atoms with E-state index in [-0.39, 0.29) is 12.2 Å². The fourth-order valence-electron chi connectivity index (χ4n) is 2.69. The van der Waals surface area contributed by atoms with Gasteiger partial charge < -0.3 is 14.8 Å². The van der Waals surface area contributed by atoms with E-state index < -0.39 is 5.97 Å². The van der Waals surface area contributed by atoms with E-state index in [2.05, 4.69) is 10.4 Å². The van der Waals surface area contributed by atoms with Crippen molar-refractivity contribution in [2.75, 3.05) is 18.5 Å². The molecule has 1 N–H and O–H groups in total. The zero-order valence-corrected chi connectivity index (χ0v) is 15.3. The number of aldehydes is 1. The Kier molecular flexibility index (Phi) is 5.66. The summed E-state index contributed by atoms with van der Waals surface area (Å²) < 4.78 is 6.82. The predicted octanol–water partition coefficient (Wildman–Crippen LogP) is 3.64. The molecule has 3 rings (SSSR count). The first-order valence-corrected chi connectivity index (χ1v) is 8.74. The summed E-state index contributed by atoms with van der Waals surface area (Å²) in [6, 6.07) is 17.3. The van der Waals surface area contributed by atoms with Crippen molar-refractivity contribution in [1.82, 2.24) is 9.78 Å². The second-order valence-electron chi connectivity index (χ2n) is 6.01. The maximum Gasteiger partial charge on any atom is 0.358 e. The molecule has 6 nitrogen and oxygen atoms in total. The SMILES string of the molecule is CCOC(=O)c1cc(-c2ccc(C)cc2)n(-c2ccc(NCC=O)cc2)n1. The molecule has 6 heteroatoms. The minimum absolute atomic E-state index is 0.253. The van der Waals surface area contributed by atoms with E-state index in [1.165, 1.54) is 0 Å². The van der Waals surface area contributed by atoms with Crippen molar-refractivity contribution in [2.45, 2.75) is 13.8 Å². The zero-order valence-electron chi connectivity index (χ0n) is 15.3. The normalized spacial score (nSPS) is 10.4. The second-order valence-corrected chi connectivity index (χ2v) is 6.01. The van der Waals surface area contributed by atoms with Gasteiger partial charge in [0.05, 0.1) is 24.5 Å². The number of hydrogen-bond donors (Lipinski definition) is 1. The first kappa shape index (κ1) is 18.4. The highest BCUT2D eigenvalue weighted by Crippen LogP contribution is 2.25. The van der Waals surface area contributed by atoms with Gasteiger partial charge in [-0.25, -0.2) is 9.48 Å². The standard InChI is InChI=1S/C21H21N3O3/c1-3-27-21(26)19-14-20(16-6-4-15(2)5-7-16)24(23-19)18-10-8-17(9-11-18)22-12-13-25/h4-11,13-14,22H,3,12H2,1-2H3. The van der Waals surface area contributed by atoms with Gasteiger partial charge in [-0.05, 0) is 44.2 Å². The van der Waals surface area contributed by atoms with Crippen molar-refractivity contribution >= 4 is 17.9 Å². The molecule has 0 radical (unpaired) electrons.